The SMILES string of the molecule is CCOc1ccccc1N/C=C(\C#N)c1nc2ccccc2s1. The van der Waals surface area contributed by atoms with E-state index in [1.54, 1.807) is 6.20 Å². The first kappa shape index (κ1) is 15.1. The van der Waals surface area contributed by atoms with Crippen molar-refractivity contribution in [3.8, 4) is 11.8 Å². The Labute approximate surface area is 138 Å². The minimum Gasteiger partial charge on any atom is -0.492 e. The molecule has 1 heterocycles. The first-order valence-corrected chi connectivity index (χ1v) is 8.08. The van der Waals surface area contributed by atoms with Crippen LogP contribution in [0.3, 0.4) is 0 Å². The molecule has 0 saturated carbocycles. The summed E-state index contributed by atoms with van der Waals surface area (Å²) in [7, 11) is 0. The summed E-state index contributed by atoms with van der Waals surface area (Å²) in [5.41, 5.74) is 2.23. The fraction of sp³-hybridized carbons (Fsp3) is 0.111. The molecule has 0 saturated heterocycles. The van der Waals surface area contributed by atoms with Gasteiger partial charge in [0, 0.05) is 6.20 Å². The molecule has 1 aromatic heterocycles. The van der Waals surface area contributed by atoms with Crippen LogP contribution in [0.2, 0.25) is 0 Å². The average Bonchev–Trinajstić information content (AvgIpc) is 3.01. The van der Waals surface area contributed by atoms with Gasteiger partial charge >= 0.3 is 0 Å². The molecule has 0 fully saturated rings. The highest BCUT2D eigenvalue weighted by Crippen LogP contribution is 2.28. The monoisotopic (exact) mass is 321 g/mol. The van der Waals surface area contributed by atoms with Crippen molar-refractivity contribution in [1.82, 2.24) is 4.98 Å². The first-order valence-electron chi connectivity index (χ1n) is 7.26. The van der Waals surface area contributed by atoms with Gasteiger partial charge in [0.05, 0.1) is 22.5 Å². The van der Waals surface area contributed by atoms with Crippen LogP contribution in [-0.2, 0) is 0 Å². The van der Waals surface area contributed by atoms with Crippen molar-refractivity contribution < 1.29 is 4.74 Å². The highest BCUT2D eigenvalue weighted by atomic mass is 32.1. The zero-order valence-corrected chi connectivity index (χ0v) is 13.4. The number of hydrogen-bond acceptors (Lipinski definition) is 5. The van der Waals surface area contributed by atoms with Crippen LogP contribution in [-0.4, -0.2) is 11.6 Å². The highest BCUT2D eigenvalue weighted by Gasteiger charge is 2.09. The summed E-state index contributed by atoms with van der Waals surface area (Å²) in [5, 5.41) is 13.3. The molecule has 3 rings (SSSR count). The number of aromatic nitrogens is 1. The average molecular weight is 321 g/mol. The molecule has 2 aromatic carbocycles. The van der Waals surface area contributed by atoms with Crippen molar-refractivity contribution >= 4 is 32.8 Å². The zero-order chi connectivity index (χ0) is 16.1. The summed E-state index contributed by atoms with van der Waals surface area (Å²) in [6.07, 6.45) is 1.68. The van der Waals surface area contributed by atoms with Gasteiger partial charge in [-0.05, 0) is 31.2 Å². The van der Waals surface area contributed by atoms with E-state index in [1.165, 1.54) is 11.3 Å². The van der Waals surface area contributed by atoms with E-state index in [0.29, 0.717) is 17.2 Å². The van der Waals surface area contributed by atoms with Gasteiger partial charge in [-0.2, -0.15) is 5.26 Å². The molecule has 5 heteroatoms. The molecule has 0 amide bonds. The van der Waals surface area contributed by atoms with Crippen LogP contribution in [0.1, 0.15) is 11.9 Å². The highest BCUT2D eigenvalue weighted by molar-refractivity contribution is 7.19. The Balaban J connectivity index is 1.89. The molecular formula is C18H15N3OS. The third-order valence-electron chi connectivity index (χ3n) is 3.20. The molecule has 0 atom stereocenters. The van der Waals surface area contributed by atoms with Crippen molar-refractivity contribution in [1.29, 1.82) is 5.26 Å². The molecule has 23 heavy (non-hydrogen) atoms. The second-order valence-electron chi connectivity index (χ2n) is 4.73. The van der Waals surface area contributed by atoms with Crippen molar-refractivity contribution in [3.05, 3.63) is 59.7 Å². The number of hydrogen-bond donors (Lipinski definition) is 1. The number of benzene rings is 2. The van der Waals surface area contributed by atoms with Gasteiger partial charge in [0.2, 0.25) is 0 Å². The van der Waals surface area contributed by atoms with Crippen LogP contribution < -0.4 is 10.1 Å². The summed E-state index contributed by atoms with van der Waals surface area (Å²) in [6.45, 7) is 2.53. The van der Waals surface area contributed by atoms with Crippen molar-refractivity contribution in [3.63, 3.8) is 0 Å². The van der Waals surface area contributed by atoms with Gasteiger partial charge in [0.15, 0.2) is 0 Å². The lowest BCUT2D eigenvalue weighted by Crippen LogP contribution is -1.97. The molecule has 3 aromatic rings. The van der Waals surface area contributed by atoms with Crippen molar-refractivity contribution in [2.45, 2.75) is 6.92 Å². The van der Waals surface area contributed by atoms with Crippen LogP contribution in [0.4, 0.5) is 5.69 Å². The van der Waals surface area contributed by atoms with E-state index in [9.17, 15) is 5.26 Å². The number of ether oxygens (including phenoxy) is 1. The molecule has 0 aliphatic carbocycles. The quantitative estimate of drug-likeness (QED) is 0.694. The van der Waals surface area contributed by atoms with Crippen LogP contribution in [0.25, 0.3) is 15.8 Å². The van der Waals surface area contributed by atoms with Crippen molar-refractivity contribution in [2.24, 2.45) is 0 Å². The summed E-state index contributed by atoms with van der Waals surface area (Å²) in [6, 6.07) is 17.7. The summed E-state index contributed by atoms with van der Waals surface area (Å²) < 4.78 is 6.64. The number of nitrogens with one attached hydrogen (secondary N) is 1. The lowest BCUT2D eigenvalue weighted by molar-refractivity contribution is 0.342. The molecule has 0 aliphatic rings. The Kier molecular flexibility index (Phi) is 4.55. The fourth-order valence-electron chi connectivity index (χ4n) is 2.15. The van der Waals surface area contributed by atoms with Gasteiger partial charge in [-0.3, -0.25) is 0 Å². The van der Waals surface area contributed by atoms with Crippen LogP contribution in [0.15, 0.2) is 54.7 Å². The molecular weight excluding hydrogens is 306 g/mol. The van der Waals surface area contributed by atoms with Gasteiger partial charge in [0.1, 0.15) is 22.4 Å². The predicted molar refractivity (Wildman–Crippen MR) is 94.4 cm³/mol. The summed E-state index contributed by atoms with van der Waals surface area (Å²) in [4.78, 5) is 4.51. The number of para-hydroxylation sites is 3. The third-order valence-corrected chi connectivity index (χ3v) is 4.27. The maximum atomic E-state index is 9.43. The number of anilines is 1. The lowest BCUT2D eigenvalue weighted by Gasteiger charge is -2.09. The second-order valence-corrected chi connectivity index (χ2v) is 5.76. The number of rotatable bonds is 5. The molecule has 114 valence electrons. The normalized spacial score (nSPS) is 11.2. The van der Waals surface area contributed by atoms with E-state index in [0.717, 1.165) is 21.7 Å². The number of allylic oxidation sites excluding steroid dienone is 1. The minimum atomic E-state index is 0.498. The molecule has 0 bridgehead atoms. The zero-order valence-electron chi connectivity index (χ0n) is 12.6. The lowest BCUT2D eigenvalue weighted by atomic mass is 10.3. The Morgan fingerprint density at radius 2 is 2.04 bits per heavy atom. The minimum absolute atomic E-state index is 0.498. The summed E-state index contributed by atoms with van der Waals surface area (Å²) in [5.74, 6) is 0.757. The molecule has 0 aliphatic heterocycles. The van der Waals surface area contributed by atoms with Gasteiger partial charge in [-0.25, -0.2) is 4.98 Å². The smallest absolute Gasteiger partial charge is 0.142 e. The topological polar surface area (TPSA) is 57.9 Å². The van der Waals surface area contributed by atoms with Gasteiger partial charge in [-0.1, -0.05) is 24.3 Å². The van der Waals surface area contributed by atoms with Gasteiger partial charge in [-0.15, -0.1) is 11.3 Å². The first-order chi connectivity index (χ1) is 11.3. The number of thiazole rings is 1. The summed E-state index contributed by atoms with van der Waals surface area (Å²) >= 11 is 1.51. The maximum Gasteiger partial charge on any atom is 0.142 e. The van der Waals surface area contributed by atoms with Crippen LogP contribution in [0, 0.1) is 11.3 Å². The third kappa shape index (κ3) is 3.33. The van der Waals surface area contributed by atoms with Crippen LogP contribution in [0.5, 0.6) is 5.75 Å². The molecule has 1 N–H and O–H groups in total. The van der Waals surface area contributed by atoms with E-state index in [1.807, 2.05) is 55.5 Å². The Morgan fingerprint density at radius 1 is 1.26 bits per heavy atom. The molecule has 0 unspecified atom stereocenters. The van der Waals surface area contributed by atoms with E-state index >= 15 is 0 Å². The Morgan fingerprint density at radius 3 is 2.83 bits per heavy atom. The van der Waals surface area contributed by atoms with Crippen molar-refractivity contribution in [2.75, 3.05) is 11.9 Å². The van der Waals surface area contributed by atoms with E-state index in [2.05, 4.69) is 16.4 Å². The largest absolute Gasteiger partial charge is 0.492 e. The van der Waals surface area contributed by atoms with E-state index < -0.39 is 0 Å². The number of nitriles is 1. The predicted octanol–water partition coefficient (Wildman–Crippen LogP) is 4.67. The molecule has 0 spiro atoms. The second kappa shape index (κ2) is 6.95. The van der Waals surface area contributed by atoms with Gasteiger partial charge in [0.25, 0.3) is 0 Å². The van der Waals surface area contributed by atoms with Crippen LogP contribution >= 0.6 is 11.3 Å². The van der Waals surface area contributed by atoms with E-state index in [-0.39, 0.29) is 0 Å². The maximum absolute atomic E-state index is 9.43. The standard InChI is InChI=1S/C18H15N3OS/c1-2-22-16-9-5-3-7-14(16)20-12-13(11-19)18-21-15-8-4-6-10-17(15)23-18/h3-10,12,20H,2H2,1H3/b13-12+. The Bertz CT molecular complexity index is 859. The Hall–Kier alpha value is -2.84. The molecule has 0 radical (unpaired) electrons. The fourth-order valence-corrected chi connectivity index (χ4v) is 3.08. The number of fused-ring (bicyclic) bond motifs is 1. The molecule has 4 nitrogen and oxygen atoms in total. The van der Waals surface area contributed by atoms with Gasteiger partial charge < -0.3 is 10.1 Å². The van der Waals surface area contributed by atoms with E-state index in [4.69, 9.17) is 4.74 Å². The number of nitrogens with zero attached hydrogens (tertiary/aromatic N) is 2.